The summed E-state index contributed by atoms with van der Waals surface area (Å²) in [6.45, 7) is 2.70. The second-order valence-corrected chi connectivity index (χ2v) is 7.70. The molecule has 21 heavy (non-hydrogen) atoms. The van der Waals surface area contributed by atoms with E-state index in [4.69, 9.17) is 23.2 Å². The standard InChI is InChI=1S/C15H22Cl2N2OS/c1-18(2)9-12-8-13(20)10-19(12)5-6-21-15-7-11(16)3-4-14(15)17/h3-4,7,12-13,20H,5-6,8-10H2,1-2H3. The molecule has 2 rings (SSSR count). The fourth-order valence-corrected chi connectivity index (χ4v) is 4.18. The summed E-state index contributed by atoms with van der Waals surface area (Å²) in [7, 11) is 4.15. The van der Waals surface area contributed by atoms with Gasteiger partial charge in [0, 0.05) is 41.3 Å². The molecule has 0 aliphatic carbocycles. The van der Waals surface area contributed by atoms with E-state index in [2.05, 4.69) is 23.9 Å². The van der Waals surface area contributed by atoms with Crippen molar-refractivity contribution in [1.29, 1.82) is 0 Å². The van der Waals surface area contributed by atoms with E-state index in [-0.39, 0.29) is 6.10 Å². The molecule has 0 saturated carbocycles. The number of β-amino-alcohol motifs (C(OH)–C–C–N with tert-alkyl or cyclic N) is 1. The molecule has 1 saturated heterocycles. The highest BCUT2D eigenvalue weighted by Gasteiger charge is 2.30. The maximum Gasteiger partial charge on any atom is 0.0682 e. The Bertz CT molecular complexity index is 473. The van der Waals surface area contributed by atoms with Crippen molar-refractivity contribution in [2.75, 3.05) is 39.5 Å². The fraction of sp³-hybridized carbons (Fsp3) is 0.600. The SMILES string of the molecule is CN(C)CC1CC(O)CN1CCSc1cc(Cl)ccc1Cl. The maximum atomic E-state index is 9.87. The van der Waals surface area contributed by atoms with Crippen molar-refractivity contribution < 1.29 is 5.11 Å². The van der Waals surface area contributed by atoms with Crippen molar-refractivity contribution in [2.45, 2.75) is 23.5 Å². The van der Waals surface area contributed by atoms with Crippen LogP contribution in [0.15, 0.2) is 23.1 Å². The molecule has 118 valence electrons. The highest BCUT2D eigenvalue weighted by molar-refractivity contribution is 7.99. The number of hydrogen-bond donors (Lipinski definition) is 1. The van der Waals surface area contributed by atoms with Gasteiger partial charge in [0.2, 0.25) is 0 Å². The van der Waals surface area contributed by atoms with Gasteiger partial charge in [-0.2, -0.15) is 0 Å². The number of hydrogen-bond acceptors (Lipinski definition) is 4. The van der Waals surface area contributed by atoms with Gasteiger partial charge in [0.15, 0.2) is 0 Å². The highest BCUT2D eigenvalue weighted by Crippen LogP contribution is 2.30. The minimum atomic E-state index is -0.199. The average Bonchev–Trinajstić information content (AvgIpc) is 2.73. The molecular formula is C15H22Cl2N2OS. The molecule has 0 radical (unpaired) electrons. The Morgan fingerprint density at radius 2 is 2.14 bits per heavy atom. The Morgan fingerprint density at radius 1 is 1.38 bits per heavy atom. The van der Waals surface area contributed by atoms with Crippen LogP contribution in [-0.2, 0) is 0 Å². The van der Waals surface area contributed by atoms with Gasteiger partial charge in [0.1, 0.15) is 0 Å². The molecular weight excluding hydrogens is 327 g/mol. The van der Waals surface area contributed by atoms with Gasteiger partial charge in [-0.3, -0.25) is 4.90 Å². The zero-order valence-corrected chi connectivity index (χ0v) is 14.8. The summed E-state index contributed by atoms with van der Waals surface area (Å²) in [4.78, 5) is 5.57. The van der Waals surface area contributed by atoms with Gasteiger partial charge < -0.3 is 10.0 Å². The van der Waals surface area contributed by atoms with Crippen molar-refractivity contribution in [1.82, 2.24) is 9.80 Å². The molecule has 2 atom stereocenters. The summed E-state index contributed by atoms with van der Waals surface area (Å²) in [5.74, 6) is 0.941. The number of nitrogens with zero attached hydrogens (tertiary/aromatic N) is 2. The van der Waals surface area contributed by atoms with Crippen LogP contribution in [0, 0.1) is 0 Å². The average molecular weight is 349 g/mol. The largest absolute Gasteiger partial charge is 0.392 e. The third kappa shape index (κ3) is 5.31. The van der Waals surface area contributed by atoms with E-state index in [1.807, 2.05) is 12.1 Å². The van der Waals surface area contributed by atoms with Crippen LogP contribution in [0.25, 0.3) is 0 Å². The van der Waals surface area contributed by atoms with Gasteiger partial charge in [-0.15, -0.1) is 11.8 Å². The van der Waals surface area contributed by atoms with Gasteiger partial charge in [0.05, 0.1) is 11.1 Å². The van der Waals surface area contributed by atoms with E-state index in [9.17, 15) is 5.11 Å². The Morgan fingerprint density at radius 3 is 2.86 bits per heavy atom. The fourth-order valence-electron chi connectivity index (χ4n) is 2.70. The number of aliphatic hydroxyl groups is 1. The molecule has 1 fully saturated rings. The number of aliphatic hydroxyl groups excluding tert-OH is 1. The van der Waals surface area contributed by atoms with Gasteiger partial charge >= 0.3 is 0 Å². The zero-order valence-electron chi connectivity index (χ0n) is 12.4. The van der Waals surface area contributed by atoms with Crippen molar-refractivity contribution in [3.8, 4) is 0 Å². The molecule has 0 amide bonds. The summed E-state index contributed by atoms with van der Waals surface area (Å²) >= 11 is 13.9. The monoisotopic (exact) mass is 348 g/mol. The van der Waals surface area contributed by atoms with Crippen LogP contribution in [-0.4, -0.2) is 66.5 Å². The number of likely N-dealkylation sites (N-methyl/N-ethyl adjacent to an activating group) is 1. The molecule has 1 aliphatic rings. The maximum absolute atomic E-state index is 9.87. The summed E-state index contributed by atoms with van der Waals surface area (Å²) in [6, 6.07) is 5.98. The predicted molar refractivity (Wildman–Crippen MR) is 91.7 cm³/mol. The first kappa shape index (κ1) is 17.4. The molecule has 6 heteroatoms. The lowest BCUT2D eigenvalue weighted by atomic mass is 10.2. The van der Waals surface area contributed by atoms with Gasteiger partial charge in [0.25, 0.3) is 0 Å². The van der Waals surface area contributed by atoms with Crippen LogP contribution in [0.2, 0.25) is 10.0 Å². The molecule has 2 unspecified atom stereocenters. The quantitative estimate of drug-likeness (QED) is 0.799. The first-order valence-corrected chi connectivity index (χ1v) is 8.84. The topological polar surface area (TPSA) is 26.7 Å². The normalized spacial score (nSPS) is 23.1. The lowest BCUT2D eigenvalue weighted by Crippen LogP contribution is -2.38. The van der Waals surface area contributed by atoms with Crippen LogP contribution >= 0.6 is 35.0 Å². The van der Waals surface area contributed by atoms with Gasteiger partial charge in [-0.25, -0.2) is 0 Å². The lowest BCUT2D eigenvalue weighted by molar-refractivity contribution is 0.176. The van der Waals surface area contributed by atoms with Gasteiger partial charge in [-0.05, 0) is 38.7 Å². The number of thioether (sulfide) groups is 1. The second kappa shape index (κ2) is 8.04. The van der Waals surface area contributed by atoms with E-state index in [0.29, 0.717) is 11.1 Å². The molecule has 1 aromatic carbocycles. The minimum absolute atomic E-state index is 0.199. The minimum Gasteiger partial charge on any atom is -0.392 e. The Balaban J connectivity index is 1.85. The summed E-state index contributed by atoms with van der Waals surface area (Å²) in [5.41, 5.74) is 0. The zero-order chi connectivity index (χ0) is 15.4. The molecule has 1 aliphatic heterocycles. The van der Waals surface area contributed by atoms with E-state index in [0.717, 1.165) is 41.7 Å². The van der Waals surface area contributed by atoms with Crippen LogP contribution in [0.3, 0.4) is 0 Å². The predicted octanol–water partition coefficient (Wildman–Crippen LogP) is 3.08. The Labute approximate surface area is 141 Å². The Hall–Kier alpha value is 0.0300. The van der Waals surface area contributed by atoms with Crippen molar-refractivity contribution >= 4 is 35.0 Å². The highest BCUT2D eigenvalue weighted by atomic mass is 35.5. The van der Waals surface area contributed by atoms with Crippen LogP contribution < -0.4 is 0 Å². The summed E-state index contributed by atoms with van der Waals surface area (Å²) in [6.07, 6.45) is 0.663. The van der Waals surface area contributed by atoms with Crippen molar-refractivity contribution in [2.24, 2.45) is 0 Å². The number of rotatable bonds is 6. The number of likely N-dealkylation sites (tertiary alicyclic amines) is 1. The van der Waals surface area contributed by atoms with Crippen molar-refractivity contribution in [3.05, 3.63) is 28.2 Å². The molecule has 0 bridgehead atoms. The second-order valence-electron chi connectivity index (χ2n) is 5.72. The summed E-state index contributed by atoms with van der Waals surface area (Å²) < 4.78 is 0. The van der Waals surface area contributed by atoms with E-state index >= 15 is 0 Å². The van der Waals surface area contributed by atoms with E-state index in [1.165, 1.54) is 0 Å². The molecule has 1 aromatic rings. The van der Waals surface area contributed by atoms with Crippen LogP contribution in [0.5, 0.6) is 0 Å². The van der Waals surface area contributed by atoms with Crippen LogP contribution in [0.4, 0.5) is 0 Å². The third-order valence-corrected chi connectivity index (χ3v) is 5.32. The van der Waals surface area contributed by atoms with E-state index < -0.39 is 0 Å². The Kier molecular flexibility index (Phi) is 6.66. The first-order chi connectivity index (χ1) is 9.95. The molecule has 0 spiro atoms. The summed E-state index contributed by atoms with van der Waals surface area (Å²) in [5, 5.41) is 11.3. The number of benzene rings is 1. The van der Waals surface area contributed by atoms with Crippen LogP contribution in [0.1, 0.15) is 6.42 Å². The van der Waals surface area contributed by atoms with Gasteiger partial charge in [-0.1, -0.05) is 23.2 Å². The first-order valence-electron chi connectivity index (χ1n) is 7.10. The third-order valence-electron chi connectivity index (χ3n) is 3.61. The number of halogens is 2. The molecule has 0 aromatic heterocycles. The van der Waals surface area contributed by atoms with Crippen molar-refractivity contribution in [3.63, 3.8) is 0 Å². The molecule has 3 nitrogen and oxygen atoms in total. The molecule has 1 heterocycles. The van der Waals surface area contributed by atoms with E-state index in [1.54, 1.807) is 17.8 Å². The molecule has 1 N–H and O–H groups in total. The lowest BCUT2D eigenvalue weighted by Gasteiger charge is -2.26. The smallest absolute Gasteiger partial charge is 0.0682 e.